The molecule has 1 fully saturated rings. The van der Waals surface area contributed by atoms with E-state index in [0.29, 0.717) is 0 Å². The quantitative estimate of drug-likeness (QED) is 0.710. The number of piperidine rings is 1. The fourth-order valence-corrected chi connectivity index (χ4v) is 1.74. The van der Waals surface area contributed by atoms with Crippen LogP contribution in [0.3, 0.4) is 0 Å². The number of hydrogen-bond acceptors (Lipinski definition) is 1. The van der Waals surface area contributed by atoms with E-state index in [4.69, 9.17) is 0 Å². The molecule has 1 unspecified atom stereocenters. The zero-order chi connectivity index (χ0) is 10.1. The maximum atomic E-state index is 3.46. The highest BCUT2D eigenvalue weighted by atomic mass is 14.9. The summed E-state index contributed by atoms with van der Waals surface area (Å²) in [7, 11) is 0. The van der Waals surface area contributed by atoms with Crippen molar-refractivity contribution in [2.45, 2.75) is 53.4 Å². The third-order valence-corrected chi connectivity index (χ3v) is 2.55. The Balaban J connectivity index is 0.000000671. The van der Waals surface area contributed by atoms with Crippen molar-refractivity contribution in [1.82, 2.24) is 5.32 Å². The molecule has 1 atom stereocenters. The van der Waals surface area contributed by atoms with Gasteiger partial charge in [-0.1, -0.05) is 34.1 Å². The molecule has 1 heterocycles. The average molecular weight is 185 g/mol. The molecule has 1 aliphatic heterocycles. The predicted octanol–water partition coefficient (Wildman–Crippen LogP) is 3.45. The van der Waals surface area contributed by atoms with Gasteiger partial charge in [0.25, 0.3) is 0 Å². The van der Waals surface area contributed by atoms with Crippen molar-refractivity contribution in [3.63, 3.8) is 0 Å². The summed E-state index contributed by atoms with van der Waals surface area (Å²) in [5.74, 6) is 1.86. The molecule has 0 aromatic carbocycles. The highest BCUT2D eigenvalue weighted by molar-refractivity contribution is 4.69. The molecule has 1 aliphatic rings. The lowest BCUT2D eigenvalue weighted by atomic mass is 9.92. The van der Waals surface area contributed by atoms with Gasteiger partial charge in [0.2, 0.25) is 0 Å². The summed E-state index contributed by atoms with van der Waals surface area (Å²) in [6.07, 6.45) is 5.69. The Morgan fingerprint density at radius 2 is 2.00 bits per heavy atom. The van der Waals surface area contributed by atoms with Crippen LogP contribution < -0.4 is 5.32 Å². The number of rotatable bonds is 3. The first-order chi connectivity index (χ1) is 6.29. The lowest BCUT2D eigenvalue weighted by molar-refractivity contribution is 0.334. The summed E-state index contributed by atoms with van der Waals surface area (Å²) in [4.78, 5) is 0. The van der Waals surface area contributed by atoms with Crippen LogP contribution in [-0.4, -0.2) is 13.1 Å². The highest BCUT2D eigenvalue weighted by Gasteiger charge is 2.12. The molecular formula is C12H27N. The maximum Gasteiger partial charge on any atom is -0.00205 e. The molecule has 1 N–H and O–H groups in total. The maximum absolute atomic E-state index is 3.46. The van der Waals surface area contributed by atoms with E-state index < -0.39 is 0 Å². The second kappa shape index (κ2) is 8.55. The van der Waals surface area contributed by atoms with E-state index in [1.54, 1.807) is 0 Å². The van der Waals surface area contributed by atoms with E-state index in [1.165, 1.54) is 38.8 Å². The smallest absolute Gasteiger partial charge is 0.00205 e. The Labute approximate surface area is 84.3 Å². The molecule has 1 rings (SSSR count). The van der Waals surface area contributed by atoms with Gasteiger partial charge in [0.05, 0.1) is 0 Å². The van der Waals surface area contributed by atoms with Crippen molar-refractivity contribution < 1.29 is 0 Å². The van der Waals surface area contributed by atoms with Crippen LogP contribution in [0.2, 0.25) is 0 Å². The lowest BCUT2D eigenvalue weighted by Gasteiger charge is -2.23. The van der Waals surface area contributed by atoms with Gasteiger partial charge in [-0.05, 0) is 44.2 Å². The first-order valence-electron chi connectivity index (χ1n) is 5.99. The van der Waals surface area contributed by atoms with Gasteiger partial charge >= 0.3 is 0 Å². The van der Waals surface area contributed by atoms with Gasteiger partial charge in [0.15, 0.2) is 0 Å². The van der Waals surface area contributed by atoms with Crippen LogP contribution in [0, 0.1) is 11.8 Å². The minimum atomic E-state index is 0.886. The Morgan fingerprint density at radius 3 is 2.46 bits per heavy atom. The van der Waals surface area contributed by atoms with Crippen LogP contribution in [0.15, 0.2) is 0 Å². The van der Waals surface area contributed by atoms with Crippen LogP contribution in [0.1, 0.15) is 53.4 Å². The summed E-state index contributed by atoms with van der Waals surface area (Å²) < 4.78 is 0. The summed E-state index contributed by atoms with van der Waals surface area (Å²) in [6.45, 7) is 11.2. The predicted molar refractivity (Wildman–Crippen MR) is 61.0 cm³/mol. The summed E-state index contributed by atoms with van der Waals surface area (Å²) in [5.41, 5.74) is 0. The topological polar surface area (TPSA) is 12.0 Å². The Hall–Kier alpha value is -0.0400. The molecule has 0 amide bonds. The monoisotopic (exact) mass is 185 g/mol. The van der Waals surface area contributed by atoms with E-state index in [2.05, 4.69) is 19.2 Å². The van der Waals surface area contributed by atoms with Gasteiger partial charge in [0.1, 0.15) is 0 Å². The highest BCUT2D eigenvalue weighted by Crippen LogP contribution is 2.18. The second-order valence-corrected chi connectivity index (χ2v) is 4.18. The van der Waals surface area contributed by atoms with Gasteiger partial charge in [-0.3, -0.25) is 0 Å². The molecule has 1 heteroatoms. The molecule has 80 valence electrons. The Kier molecular flexibility index (Phi) is 8.53. The summed E-state index contributed by atoms with van der Waals surface area (Å²) in [5, 5.41) is 3.46. The van der Waals surface area contributed by atoms with Crippen LogP contribution in [-0.2, 0) is 0 Å². The van der Waals surface area contributed by atoms with Crippen LogP contribution in [0.5, 0.6) is 0 Å². The molecule has 0 aromatic rings. The van der Waals surface area contributed by atoms with Gasteiger partial charge in [0, 0.05) is 0 Å². The van der Waals surface area contributed by atoms with E-state index in [0.717, 1.165) is 11.8 Å². The van der Waals surface area contributed by atoms with Crippen LogP contribution >= 0.6 is 0 Å². The Bertz CT molecular complexity index is 93.3. The fourth-order valence-electron chi connectivity index (χ4n) is 1.74. The molecule has 0 aliphatic carbocycles. The number of hydrogen-bond donors (Lipinski definition) is 1. The third-order valence-electron chi connectivity index (χ3n) is 2.55. The minimum absolute atomic E-state index is 0.886. The summed E-state index contributed by atoms with van der Waals surface area (Å²) in [6, 6.07) is 0. The molecule has 1 saturated heterocycles. The molecule has 0 saturated carbocycles. The normalized spacial score (nSPS) is 22.4. The van der Waals surface area contributed by atoms with Crippen LogP contribution in [0.4, 0.5) is 0 Å². The molecule has 0 spiro atoms. The second-order valence-electron chi connectivity index (χ2n) is 4.18. The first-order valence-corrected chi connectivity index (χ1v) is 5.99. The lowest BCUT2D eigenvalue weighted by Crippen LogP contribution is -2.29. The van der Waals surface area contributed by atoms with Crippen molar-refractivity contribution in [3.8, 4) is 0 Å². The third kappa shape index (κ3) is 7.06. The SMILES string of the molecule is CC.CC(C)CCC1CCCNC1. The minimum Gasteiger partial charge on any atom is -0.316 e. The molecular weight excluding hydrogens is 158 g/mol. The van der Waals surface area contributed by atoms with E-state index >= 15 is 0 Å². The fraction of sp³-hybridized carbons (Fsp3) is 1.00. The van der Waals surface area contributed by atoms with E-state index in [9.17, 15) is 0 Å². The standard InChI is InChI=1S/C10H21N.C2H6/c1-9(2)5-6-10-4-3-7-11-8-10;1-2/h9-11H,3-8H2,1-2H3;1-2H3. The van der Waals surface area contributed by atoms with Crippen LogP contribution in [0.25, 0.3) is 0 Å². The van der Waals surface area contributed by atoms with E-state index in [-0.39, 0.29) is 0 Å². The van der Waals surface area contributed by atoms with Crippen molar-refractivity contribution in [2.24, 2.45) is 11.8 Å². The first kappa shape index (κ1) is 13.0. The van der Waals surface area contributed by atoms with Crippen molar-refractivity contribution in [2.75, 3.05) is 13.1 Å². The molecule has 0 aromatic heterocycles. The van der Waals surface area contributed by atoms with Gasteiger partial charge in [-0.2, -0.15) is 0 Å². The van der Waals surface area contributed by atoms with E-state index in [1.807, 2.05) is 13.8 Å². The van der Waals surface area contributed by atoms with Gasteiger partial charge in [-0.25, -0.2) is 0 Å². The van der Waals surface area contributed by atoms with Gasteiger partial charge < -0.3 is 5.32 Å². The zero-order valence-electron chi connectivity index (χ0n) is 9.90. The molecule has 13 heavy (non-hydrogen) atoms. The zero-order valence-corrected chi connectivity index (χ0v) is 9.90. The largest absolute Gasteiger partial charge is 0.316 e. The van der Waals surface area contributed by atoms with Crippen molar-refractivity contribution >= 4 is 0 Å². The van der Waals surface area contributed by atoms with Crippen molar-refractivity contribution in [1.29, 1.82) is 0 Å². The van der Waals surface area contributed by atoms with Gasteiger partial charge in [-0.15, -0.1) is 0 Å². The molecule has 0 bridgehead atoms. The molecule has 1 nitrogen and oxygen atoms in total. The molecule has 0 radical (unpaired) electrons. The summed E-state index contributed by atoms with van der Waals surface area (Å²) >= 11 is 0. The Morgan fingerprint density at radius 1 is 1.31 bits per heavy atom. The number of nitrogens with one attached hydrogen (secondary N) is 1. The van der Waals surface area contributed by atoms with Crippen molar-refractivity contribution in [3.05, 3.63) is 0 Å². The average Bonchev–Trinajstić information content (AvgIpc) is 2.19.